The molecule has 136 valence electrons. The second kappa shape index (κ2) is 6.37. The summed E-state index contributed by atoms with van der Waals surface area (Å²) in [5, 5.41) is 9.41. The van der Waals surface area contributed by atoms with Crippen molar-refractivity contribution in [3.05, 3.63) is 59.7 Å². The maximum atomic E-state index is 12.9. The molecule has 0 aliphatic rings. The van der Waals surface area contributed by atoms with Crippen molar-refractivity contribution in [2.24, 2.45) is 0 Å². The zero-order valence-electron chi connectivity index (χ0n) is 13.4. The number of benzene rings is 2. The molecule has 0 spiro atoms. The van der Waals surface area contributed by atoms with E-state index in [0.717, 1.165) is 17.7 Å². The molecule has 7 heteroatoms. The Labute approximate surface area is 140 Å². The van der Waals surface area contributed by atoms with E-state index in [2.05, 4.69) is 0 Å². The molecule has 0 atom stereocenters. The maximum absolute atomic E-state index is 12.9. The van der Waals surface area contributed by atoms with Crippen molar-refractivity contribution in [1.29, 1.82) is 0 Å². The average molecular weight is 362 g/mol. The molecule has 0 fully saturated rings. The van der Waals surface area contributed by atoms with Crippen LogP contribution in [0.1, 0.15) is 30.9 Å². The summed E-state index contributed by atoms with van der Waals surface area (Å²) in [7, 11) is 0. The van der Waals surface area contributed by atoms with Crippen molar-refractivity contribution >= 4 is 0 Å². The van der Waals surface area contributed by atoms with Crippen LogP contribution in [0.2, 0.25) is 0 Å². The van der Waals surface area contributed by atoms with E-state index >= 15 is 0 Å². The summed E-state index contributed by atoms with van der Waals surface area (Å²) in [6, 6.07) is 10.7. The largest absolute Gasteiger partial charge is 0.430 e. The van der Waals surface area contributed by atoms with Gasteiger partial charge in [-0.3, -0.25) is 0 Å². The minimum atomic E-state index is -5.89. The lowest BCUT2D eigenvalue weighted by Gasteiger charge is -2.32. The first-order chi connectivity index (χ1) is 11.4. The molecule has 0 aliphatic carbocycles. The summed E-state index contributed by atoms with van der Waals surface area (Å²) in [5.74, 6) is 0.123. The van der Waals surface area contributed by atoms with Gasteiger partial charge in [-0.05, 0) is 22.6 Å². The number of hydrogen-bond acceptors (Lipinski definition) is 1. The zero-order valence-corrected chi connectivity index (χ0v) is 13.4. The highest BCUT2D eigenvalue weighted by Gasteiger charge is 2.71. The quantitative estimate of drug-likeness (QED) is 0.686. The monoisotopic (exact) mass is 362 g/mol. The van der Waals surface area contributed by atoms with E-state index in [-0.39, 0.29) is 5.92 Å². The van der Waals surface area contributed by atoms with Gasteiger partial charge in [-0.1, -0.05) is 62.4 Å². The molecule has 0 saturated heterocycles. The van der Waals surface area contributed by atoms with Crippen LogP contribution < -0.4 is 0 Å². The fraction of sp³-hybridized carbons (Fsp3) is 0.333. The second-order valence-electron chi connectivity index (χ2n) is 6.03. The van der Waals surface area contributed by atoms with E-state index in [9.17, 15) is 31.4 Å². The van der Waals surface area contributed by atoms with Crippen LogP contribution in [0.3, 0.4) is 0 Å². The number of rotatable bonds is 3. The van der Waals surface area contributed by atoms with E-state index in [1.165, 1.54) is 0 Å². The Bertz CT molecular complexity index is 714. The molecule has 0 unspecified atom stereocenters. The number of aliphatic hydroxyl groups is 1. The standard InChI is InChI=1S/C18H16F6O/c1-11(2)14-5-3-4-6-15(14)12-7-9-13(10-8-12)16(25,17(19,20)21)18(22,23)24/h3-11,25H,1-2H3. The second-order valence-corrected chi connectivity index (χ2v) is 6.03. The third-order valence-corrected chi connectivity index (χ3v) is 4.02. The van der Waals surface area contributed by atoms with Crippen LogP contribution >= 0.6 is 0 Å². The van der Waals surface area contributed by atoms with Crippen molar-refractivity contribution in [2.75, 3.05) is 0 Å². The van der Waals surface area contributed by atoms with E-state index in [1.807, 2.05) is 19.9 Å². The van der Waals surface area contributed by atoms with Crippen molar-refractivity contribution in [1.82, 2.24) is 0 Å². The minimum Gasteiger partial charge on any atom is -0.369 e. The van der Waals surface area contributed by atoms with Crippen molar-refractivity contribution in [3.8, 4) is 11.1 Å². The Hall–Kier alpha value is -2.02. The lowest BCUT2D eigenvalue weighted by Crippen LogP contribution is -2.53. The molecule has 0 radical (unpaired) electrons. The molecule has 1 nitrogen and oxygen atoms in total. The van der Waals surface area contributed by atoms with Gasteiger partial charge < -0.3 is 5.11 Å². The summed E-state index contributed by atoms with van der Waals surface area (Å²) in [6.07, 6.45) is -11.8. The van der Waals surface area contributed by atoms with E-state index in [4.69, 9.17) is 0 Å². The summed E-state index contributed by atoms with van der Waals surface area (Å²) in [4.78, 5) is 0. The number of hydrogen-bond donors (Lipinski definition) is 1. The first-order valence-corrected chi connectivity index (χ1v) is 7.45. The van der Waals surface area contributed by atoms with Crippen LogP contribution in [0.25, 0.3) is 11.1 Å². The molecule has 2 aromatic rings. The molecule has 1 N–H and O–H groups in total. The van der Waals surface area contributed by atoms with Gasteiger partial charge in [-0.15, -0.1) is 0 Å². The fourth-order valence-electron chi connectivity index (χ4n) is 2.64. The maximum Gasteiger partial charge on any atom is 0.430 e. The van der Waals surface area contributed by atoms with E-state index in [1.54, 1.807) is 18.2 Å². The first kappa shape index (κ1) is 19.3. The predicted octanol–water partition coefficient (Wildman–Crippen LogP) is 5.79. The van der Waals surface area contributed by atoms with Crippen molar-refractivity contribution in [3.63, 3.8) is 0 Å². The normalized spacial score (nSPS) is 13.4. The highest BCUT2D eigenvalue weighted by Crippen LogP contribution is 2.50. The van der Waals surface area contributed by atoms with Gasteiger partial charge in [0.1, 0.15) is 0 Å². The molecular weight excluding hydrogens is 346 g/mol. The Morgan fingerprint density at radius 2 is 1.24 bits per heavy atom. The molecular formula is C18H16F6O. The van der Waals surface area contributed by atoms with Crippen LogP contribution in [0, 0.1) is 0 Å². The van der Waals surface area contributed by atoms with Crippen LogP contribution in [0.4, 0.5) is 26.3 Å². The summed E-state index contributed by atoms with van der Waals surface area (Å²) in [6.45, 7) is 3.86. The lowest BCUT2D eigenvalue weighted by atomic mass is 9.88. The van der Waals surface area contributed by atoms with Gasteiger partial charge in [0.25, 0.3) is 5.60 Å². The summed E-state index contributed by atoms with van der Waals surface area (Å²) >= 11 is 0. The molecule has 0 aliphatic heterocycles. The molecule has 0 saturated carbocycles. The van der Waals surface area contributed by atoms with Gasteiger partial charge >= 0.3 is 12.4 Å². The van der Waals surface area contributed by atoms with Crippen LogP contribution in [0.5, 0.6) is 0 Å². The SMILES string of the molecule is CC(C)c1ccccc1-c1ccc(C(O)(C(F)(F)F)C(F)(F)F)cc1. The molecule has 0 amide bonds. The van der Waals surface area contributed by atoms with Crippen LogP contribution in [0.15, 0.2) is 48.5 Å². The van der Waals surface area contributed by atoms with Crippen molar-refractivity contribution < 1.29 is 31.4 Å². The predicted molar refractivity (Wildman–Crippen MR) is 82.0 cm³/mol. The summed E-state index contributed by atoms with van der Waals surface area (Å²) in [5.41, 5.74) is -4.07. The minimum absolute atomic E-state index is 0.123. The molecule has 25 heavy (non-hydrogen) atoms. The number of alkyl halides is 6. The third-order valence-electron chi connectivity index (χ3n) is 4.02. The van der Waals surface area contributed by atoms with E-state index < -0.39 is 23.5 Å². The van der Waals surface area contributed by atoms with Gasteiger partial charge in [0.15, 0.2) is 0 Å². The van der Waals surface area contributed by atoms with Crippen LogP contribution in [-0.4, -0.2) is 17.5 Å². The molecule has 0 aromatic heterocycles. The summed E-state index contributed by atoms with van der Waals surface area (Å²) < 4.78 is 77.5. The molecule has 0 bridgehead atoms. The molecule has 0 heterocycles. The Morgan fingerprint density at radius 3 is 1.68 bits per heavy atom. The fourth-order valence-corrected chi connectivity index (χ4v) is 2.64. The van der Waals surface area contributed by atoms with Gasteiger partial charge in [-0.25, -0.2) is 0 Å². The Balaban J connectivity index is 2.54. The zero-order chi connectivity index (χ0) is 19.0. The van der Waals surface area contributed by atoms with E-state index in [0.29, 0.717) is 23.3 Å². The van der Waals surface area contributed by atoms with Gasteiger partial charge in [0, 0.05) is 5.56 Å². The lowest BCUT2D eigenvalue weighted by molar-refractivity contribution is -0.376. The first-order valence-electron chi connectivity index (χ1n) is 7.45. The molecule has 2 aromatic carbocycles. The smallest absolute Gasteiger partial charge is 0.369 e. The topological polar surface area (TPSA) is 20.2 Å². The highest BCUT2D eigenvalue weighted by atomic mass is 19.4. The van der Waals surface area contributed by atoms with Crippen LogP contribution in [-0.2, 0) is 5.60 Å². The number of halogens is 6. The van der Waals surface area contributed by atoms with Gasteiger partial charge in [0.2, 0.25) is 0 Å². The molecule has 2 rings (SSSR count). The Morgan fingerprint density at radius 1 is 0.760 bits per heavy atom. The van der Waals surface area contributed by atoms with Gasteiger partial charge in [0.05, 0.1) is 0 Å². The third kappa shape index (κ3) is 3.38. The average Bonchev–Trinajstić information content (AvgIpc) is 2.52. The Kier molecular flexibility index (Phi) is 4.92. The van der Waals surface area contributed by atoms with Crippen molar-refractivity contribution in [2.45, 2.75) is 37.7 Å². The highest BCUT2D eigenvalue weighted by molar-refractivity contribution is 5.68. The van der Waals surface area contributed by atoms with Gasteiger partial charge in [-0.2, -0.15) is 26.3 Å².